The zero-order chi connectivity index (χ0) is 13.5. The van der Waals surface area contributed by atoms with Crippen LogP contribution in [0.2, 0.25) is 5.28 Å². The Morgan fingerprint density at radius 3 is 2.78 bits per heavy atom. The molecule has 0 spiro atoms. The lowest BCUT2D eigenvalue weighted by Crippen LogP contribution is -2.30. The van der Waals surface area contributed by atoms with Crippen molar-refractivity contribution in [3.05, 3.63) is 5.28 Å². The maximum Gasteiger partial charge on any atom is 0.231 e. The van der Waals surface area contributed by atoms with Gasteiger partial charge in [-0.05, 0) is 24.9 Å². The van der Waals surface area contributed by atoms with Crippen LogP contribution >= 0.6 is 11.6 Å². The molecule has 0 amide bonds. The molecule has 0 radical (unpaired) electrons. The topological polar surface area (TPSA) is 77.7 Å². The fraction of sp³-hybridized carbons (Fsp3) is 0.636. The third-order valence-electron chi connectivity index (χ3n) is 2.49. The fourth-order valence-corrected chi connectivity index (χ4v) is 1.44. The Kier molecular flexibility index (Phi) is 5.59. The Morgan fingerprint density at radius 1 is 1.44 bits per heavy atom. The minimum Gasteiger partial charge on any atom is -0.354 e. The van der Waals surface area contributed by atoms with Gasteiger partial charge in [0, 0.05) is 19.6 Å². The predicted molar refractivity (Wildman–Crippen MR) is 71.7 cm³/mol. The van der Waals surface area contributed by atoms with E-state index in [4.69, 9.17) is 16.9 Å². The van der Waals surface area contributed by atoms with E-state index in [1.54, 1.807) is 0 Å². The van der Waals surface area contributed by atoms with E-state index in [1.165, 1.54) is 0 Å². The molecular formula is C11H17ClN6. The summed E-state index contributed by atoms with van der Waals surface area (Å²) in [7, 11) is 1.83. The van der Waals surface area contributed by atoms with Gasteiger partial charge in [0.2, 0.25) is 17.2 Å². The summed E-state index contributed by atoms with van der Waals surface area (Å²) in [5.41, 5.74) is 0. The molecule has 0 saturated heterocycles. The van der Waals surface area contributed by atoms with Gasteiger partial charge in [0.25, 0.3) is 0 Å². The third-order valence-corrected chi connectivity index (χ3v) is 2.66. The van der Waals surface area contributed by atoms with E-state index in [0.717, 1.165) is 13.0 Å². The summed E-state index contributed by atoms with van der Waals surface area (Å²) in [6.07, 6.45) is 1.37. The molecule has 1 atom stereocenters. The highest BCUT2D eigenvalue weighted by atomic mass is 35.5. The van der Waals surface area contributed by atoms with Crippen LogP contribution in [0.5, 0.6) is 0 Å². The number of nitriles is 1. The minimum absolute atomic E-state index is 0.0208. The van der Waals surface area contributed by atoms with Crippen molar-refractivity contribution in [3.8, 4) is 6.07 Å². The van der Waals surface area contributed by atoms with Crippen molar-refractivity contribution in [3.63, 3.8) is 0 Å². The average molecular weight is 269 g/mol. The van der Waals surface area contributed by atoms with Gasteiger partial charge in [0.1, 0.15) is 0 Å². The number of rotatable bonds is 6. The van der Waals surface area contributed by atoms with Crippen molar-refractivity contribution < 1.29 is 0 Å². The van der Waals surface area contributed by atoms with Crippen LogP contribution in [0.25, 0.3) is 0 Å². The first-order valence-electron chi connectivity index (χ1n) is 5.83. The largest absolute Gasteiger partial charge is 0.354 e. The molecule has 0 aliphatic heterocycles. The number of anilines is 2. The maximum atomic E-state index is 8.69. The van der Waals surface area contributed by atoms with Crippen LogP contribution in [0.4, 0.5) is 11.9 Å². The second-order valence-electron chi connectivity index (χ2n) is 3.98. The highest BCUT2D eigenvalue weighted by Crippen LogP contribution is 2.15. The Balaban J connectivity index is 2.88. The fourth-order valence-electron chi connectivity index (χ4n) is 1.28. The molecule has 1 heterocycles. The van der Waals surface area contributed by atoms with Crippen LogP contribution < -0.4 is 10.2 Å². The molecule has 0 aliphatic carbocycles. The molecule has 1 rings (SSSR count). The quantitative estimate of drug-likeness (QED) is 0.851. The Morgan fingerprint density at radius 2 is 2.17 bits per heavy atom. The zero-order valence-corrected chi connectivity index (χ0v) is 11.6. The number of nitrogens with one attached hydrogen (secondary N) is 1. The molecule has 7 heteroatoms. The Labute approximate surface area is 112 Å². The standard InChI is InChI=1S/C11H17ClN6/c1-4-7-14-10-15-9(12)16-11(17-10)18(3)8(2)5-6-13/h8H,4-5,7H2,1-3H3,(H,14,15,16,17). The molecule has 0 saturated carbocycles. The molecule has 1 N–H and O–H groups in total. The highest BCUT2D eigenvalue weighted by Gasteiger charge is 2.14. The summed E-state index contributed by atoms with van der Waals surface area (Å²) in [4.78, 5) is 14.2. The monoisotopic (exact) mass is 268 g/mol. The van der Waals surface area contributed by atoms with Gasteiger partial charge in [-0.3, -0.25) is 0 Å². The number of hydrogen-bond acceptors (Lipinski definition) is 6. The molecule has 0 bridgehead atoms. The van der Waals surface area contributed by atoms with Gasteiger partial charge < -0.3 is 10.2 Å². The molecule has 0 aromatic carbocycles. The summed E-state index contributed by atoms with van der Waals surface area (Å²) in [5.74, 6) is 0.930. The van der Waals surface area contributed by atoms with Gasteiger partial charge in [-0.2, -0.15) is 20.2 Å². The van der Waals surface area contributed by atoms with E-state index >= 15 is 0 Å². The van der Waals surface area contributed by atoms with Gasteiger partial charge in [-0.1, -0.05) is 6.92 Å². The molecular weight excluding hydrogens is 252 g/mol. The van der Waals surface area contributed by atoms with Gasteiger partial charge in [0.05, 0.1) is 12.5 Å². The first-order valence-corrected chi connectivity index (χ1v) is 6.21. The number of hydrogen-bond donors (Lipinski definition) is 1. The van der Waals surface area contributed by atoms with Crippen molar-refractivity contribution in [2.24, 2.45) is 0 Å². The molecule has 0 fully saturated rings. The average Bonchev–Trinajstić information content (AvgIpc) is 2.35. The summed E-state index contributed by atoms with van der Waals surface area (Å²) >= 11 is 5.86. The normalized spacial score (nSPS) is 11.7. The van der Waals surface area contributed by atoms with Crippen LogP contribution in [0, 0.1) is 11.3 Å². The molecule has 1 aromatic rings. The second kappa shape index (κ2) is 6.97. The number of halogens is 1. The second-order valence-corrected chi connectivity index (χ2v) is 4.32. The van der Waals surface area contributed by atoms with Crippen LogP contribution in [0.15, 0.2) is 0 Å². The van der Waals surface area contributed by atoms with Crippen molar-refractivity contribution >= 4 is 23.5 Å². The van der Waals surface area contributed by atoms with E-state index in [0.29, 0.717) is 18.3 Å². The van der Waals surface area contributed by atoms with Crippen molar-refractivity contribution in [1.82, 2.24) is 15.0 Å². The minimum atomic E-state index is 0.0208. The lowest BCUT2D eigenvalue weighted by molar-refractivity contribution is 0.681. The van der Waals surface area contributed by atoms with E-state index in [2.05, 4.69) is 33.3 Å². The van der Waals surface area contributed by atoms with Gasteiger partial charge in [-0.15, -0.1) is 0 Å². The zero-order valence-electron chi connectivity index (χ0n) is 10.8. The first kappa shape index (κ1) is 14.5. The molecule has 1 unspecified atom stereocenters. The molecule has 98 valence electrons. The van der Waals surface area contributed by atoms with Crippen molar-refractivity contribution in [2.45, 2.75) is 32.7 Å². The van der Waals surface area contributed by atoms with E-state index < -0.39 is 0 Å². The van der Waals surface area contributed by atoms with E-state index in [9.17, 15) is 0 Å². The number of nitrogens with zero attached hydrogens (tertiary/aromatic N) is 5. The summed E-state index contributed by atoms with van der Waals surface area (Å²) in [6.45, 7) is 4.76. The maximum absolute atomic E-state index is 8.69. The summed E-state index contributed by atoms with van der Waals surface area (Å²) in [6, 6.07) is 2.14. The first-order chi connectivity index (χ1) is 8.58. The smallest absolute Gasteiger partial charge is 0.231 e. The van der Waals surface area contributed by atoms with Crippen LogP contribution in [0.3, 0.4) is 0 Å². The van der Waals surface area contributed by atoms with E-state index in [-0.39, 0.29) is 11.3 Å². The number of aromatic nitrogens is 3. The highest BCUT2D eigenvalue weighted by molar-refractivity contribution is 6.28. The van der Waals surface area contributed by atoms with Crippen LogP contribution in [0.1, 0.15) is 26.7 Å². The lowest BCUT2D eigenvalue weighted by Gasteiger charge is -2.23. The Bertz CT molecular complexity index is 430. The molecule has 6 nitrogen and oxygen atoms in total. The van der Waals surface area contributed by atoms with Crippen LogP contribution in [-0.4, -0.2) is 34.6 Å². The molecule has 18 heavy (non-hydrogen) atoms. The molecule has 1 aromatic heterocycles. The summed E-state index contributed by atoms with van der Waals surface area (Å²) in [5, 5.41) is 11.9. The van der Waals surface area contributed by atoms with Crippen molar-refractivity contribution in [1.29, 1.82) is 5.26 Å². The van der Waals surface area contributed by atoms with Gasteiger partial charge in [-0.25, -0.2) is 0 Å². The van der Waals surface area contributed by atoms with Gasteiger partial charge in [0.15, 0.2) is 0 Å². The predicted octanol–water partition coefficient (Wildman–Crippen LogP) is 2.09. The SMILES string of the molecule is CCCNc1nc(Cl)nc(N(C)C(C)CC#N)n1. The van der Waals surface area contributed by atoms with Gasteiger partial charge >= 0.3 is 0 Å². The van der Waals surface area contributed by atoms with E-state index in [1.807, 2.05) is 18.9 Å². The third kappa shape index (κ3) is 4.00. The molecule has 0 aliphatic rings. The van der Waals surface area contributed by atoms with Crippen molar-refractivity contribution in [2.75, 3.05) is 23.8 Å². The van der Waals surface area contributed by atoms with Crippen LogP contribution in [-0.2, 0) is 0 Å². The lowest BCUT2D eigenvalue weighted by atomic mass is 10.2. The Hall–Kier alpha value is -1.61. The summed E-state index contributed by atoms with van der Waals surface area (Å²) < 4.78 is 0.